The Kier molecular flexibility index (Phi) is 4.75. The number of carbonyl (C=O) groups is 1. The van der Waals surface area contributed by atoms with Crippen molar-refractivity contribution in [3.8, 4) is 5.75 Å². The molecule has 5 nitrogen and oxygen atoms in total. The van der Waals surface area contributed by atoms with Gasteiger partial charge in [0.2, 0.25) is 0 Å². The summed E-state index contributed by atoms with van der Waals surface area (Å²) in [7, 11) is 4.54. The fourth-order valence-corrected chi connectivity index (χ4v) is 1.09. The maximum atomic E-state index is 11.6. The number of hydroxylamine groups is 2. The summed E-state index contributed by atoms with van der Waals surface area (Å²) in [5, 5.41) is 1.16. The standard InChI is InChI=1S/C11H15NO4/c1-12(15-3)11(13)9-4-6-10(7-5-9)16-8-14-2/h4-7H,8H2,1-3H3. The molecular formula is C11H15NO4. The summed E-state index contributed by atoms with van der Waals surface area (Å²) in [6, 6.07) is 6.75. The van der Waals surface area contributed by atoms with Crippen LogP contribution in [0.2, 0.25) is 0 Å². The largest absolute Gasteiger partial charge is 0.468 e. The molecule has 0 unspecified atom stereocenters. The molecule has 0 heterocycles. The predicted molar refractivity (Wildman–Crippen MR) is 58.0 cm³/mol. The Balaban J connectivity index is 2.67. The minimum absolute atomic E-state index is 0.186. The minimum atomic E-state index is -0.208. The van der Waals surface area contributed by atoms with Gasteiger partial charge in [0.05, 0.1) is 7.11 Å². The fourth-order valence-electron chi connectivity index (χ4n) is 1.09. The lowest BCUT2D eigenvalue weighted by atomic mass is 10.2. The van der Waals surface area contributed by atoms with Crippen LogP contribution in [0.3, 0.4) is 0 Å². The summed E-state index contributed by atoms with van der Waals surface area (Å²) >= 11 is 0. The van der Waals surface area contributed by atoms with Gasteiger partial charge in [-0.1, -0.05) is 0 Å². The van der Waals surface area contributed by atoms with Crippen molar-refractivity contribution in [2.75, 3.05) is 28.1 Å². The number of benzene rings is 1. The molecule has 1 rings (SSSR count). The zero-order valence-electron chi connectivity index (χ0n) is 9.60. The highest BCUT2D eigenvalue weighted by Gasteiger charge is 2.10. The molecule has 1 amide bonds. The topological polar surface area (TPSA) is 48.0 Å². The number of ether oxygens (including phenoxy) is 2. The number of methoxy groups -OCH3 is 1. The van der Waals surface area contributed by atoms with E-state index >= 15 is 0 Å². The van der Waals surface area contributed by atoms with E-state index in [2.05, 4.69) is 0 Å². The van der Waals surface area contributed by atoms with Crippen molar-refractivity contribution in [2.45, 2.75) is 0 Å². The molecule has 0 fully saturated rings. The van der Waals surface area contributed by atoms with Crippen LogP contribution in [0.1, 0.15) is 10.4 Å². The highest BCUT2D eigenvalue weighted by Crippen LogP contribution is 2.13. The van der Waals surface area contributed by atoms with E-state index in [-0.39, 0.29) is 12.7 Å². The minimum Gasteiger partial charge on any atom is -0.468 e. The fraction of sp³-hybridized carbons (Fsp3) is 0.364. The van der Waals surface area contributed by atoms with Crippen LogP contribution in [0.15, 0.2) is 24.3 Å². The normalized spacial score (nSPS) is 9.94. The van der Waals surface area contributed by atoms with E-state index in [9.17, 15) is 4.79 Å². The number of amides is 1. The molecule has 0 saturated heterocycles. The van der Waals surface area contributed by atoms with E-state index in [4.69, 9.17) is 14.3 Å². The average molecular weight is 225 g/mol. The Morgan fingerprint density at radius 3 is 2.38 bits per heavy atom. The van der Waals surface area contributed by atoms with Gasteiger partial charge in [0.1, 0.15) is 5.75 Å². The van der Waals surface area contributed by atoms with Gasteiger partial charge in [-0.05, 0) is 24.3 Å². The van der Waals surface area contributed by atoms with Crippen molar-refractivity contribution >= 4 is 5.91 Å². The van der Waals surface area contributed by atoms with E-state index in [0.717, 1.165) is 5.06 Å². The van der Waals surface area contributed by atoms with Gasteiger partial charge in [0.15, 0.2) is 6.79 Å². The van der Waals surface area contributed by atoms with Crippen LogP contribution < -0.4 is 4.74 Å². The Hall–Kier alpha value is -1.59. The molecule has 0 radical (unpaired) electrons. The lowest BCUT2D eigenvalue weighted by Gasteiger charge is -2.13. The molecule has 0 spiro atoms. The van der Waals surface area contributed by atoms with Crippen molar-refractivity contribution in [1.82, 2.24) is 5.06 Å². The first-order chi connectivity index (χ1) is 7.69. The first-order valence-corrected chi connectivity index (χ1v) is 4.73. The van der Waals surface area contributed by atoms with Gasteiger partial charge in [0.25, 0.3) is 5.91 Å². The van der Waals surface area contributed by atoms with Gasteiger partial charge >= 0.3 is 0 Å². The number of hydrogen-bond acceptors (Lipinski definition) is 4. The summed E-state index contributed by atoms with van der Waals surface area (Å²) in [4.78, 5) is 16.4. The van der Waals surface area contributed by atoms with Gasteiger partial charge in [-0.2, -0.15) is 0 Å². The first-order valence-electron chi connectivity index (χ1n) is 4.73. The monoisotopic (exact) mass is 225 g/mol. The van der Waals surface area contributed by atoms with Crippen molar-refractivity contribution in [1.29, 1.82) is 0 Å². The van der Waals surface area contributed by atoms with Crippen LogP contribution >= 0.6 is 0 Å². The molecule has 0 aromatic heterocycles. The SMILES string of the molecule is COCOc1ccc(C(=O)N(C)OC)cc1. The number of carbonyl (C=O) groups excluding carboxylic acids is 1. The smallest absolute Gasteiger partial charge is 0.277 e. The summed E-state index contributed by atoms with van der Waals surface area (Å²) in [6.07, 6.45) is 0. The van der Waals surface area contributed by atoms with Gasteiger partial charge in [0, 0.05) is 19.7 Å². The maximum absolute atomic E-state index is 11.6. The molecule has 0 saturated carbocycles. The van der Waals surface area contributed by atoms with Crippen molar-refractivity contribution in [2.24, 2.45) is 0 Å². The third-order valence-corrected chi connectivity index (χ3v) is 2.00. The van der Waals surface area contributed by atoms with Crippen LogP contribution in [0, 0.1) is 0 Å². The predicted octanol–water partition coefficient (Wildman–Crippen LogP) is 1.30. The molecular weight excluding hydrogens is 210 g/mol. The number of nitrogens with zero attached hydrogens (tertiary/aromatic N) is 1. The van der Waals surface area contributed by atoms with Crippen LogP contribution in [-0.2, 0) is 9.57 Å². The van der Waals surface area contributed by atoms with Gasteiger partial charge in [-0.3, -0.25) is 9.63 Å². The number of hydrogen-bond donors (Lipinski definition) is 0. The van der Waals surface area contributed by atoms with E-state index in [1.165, 1.54) is 7.11 Å². The molecule has 88 valence electrons. The summed E-state index contributed by atoms with van der Waals surface area (Å²) in [5.74, 6) is 0.444. The lowest BCUT2D eigenvalue weighted by molar-refractivity contribution is -0.0757. The second-order valence-electron chi connectivity index (χ2n) is 3.06. The lowest BCUT2D eigenvalue weighted by Crippen LogP contribution is -2.25. The Morgan fingerprint density at radius 1 is 1.25 bits per heavy atom. The Labute approximate surface area is 94.5 Å². The van der Waals surface area contributed by atoms with Crippen LogP contribution in [0.4, 0.5) is 0 Å². The zero-order chi connectivity index (χ0) is 12.0. The number of rotatable bonds is 5. The highest BCUT2D eigenvalue weighted by atomic mass is 16.7. The van der Waals surface area contributed by atoms with Crippen LogP contribution in [0.25, 0.3) is 0 Å². The average Bonchev–Trinajstić information content (AvgIpc) is 2.35. The molecule has 5 heteroatoms. The molecule has 0 atom stereocenters. The zero-order valence-corrected chi connectivity index (χ0v) is 9.60. The van der Waals surface area contributed by atoms with Crippen LogP contribution in [0.5, 0.6) is 5.75 Å². The van der Waals surface area contributed by atoms with Gasteiger partial charge in [-0.15, -0.1) is 0 Å². The third-order valence-electron chi connectivity index (χ3n) is 2.00. The summed E-state index contributed by atoms with van der Waals surface area (Å²) < 4.78 is 9.96. The van der Waals surface area contributed by atoms with Crippen LogP contribution in [-0.4, -0.2) is 39.0 Å². The molecule has 16 heavy (non-hydrogen) atoms. The van der Waals surface area contributed by atoms with E-state index in [0.29, 0.717) is 11.3 Å². The van der Waals surface area contributed by atoms with Crippen molar-refractivity contribution in [3.05, 3.63) is 29.8 Å². The summed E-state index contributed by atoms with van der Waals surface area (Å²) in [5.41, 5.74) is 0.536. The maximum Gasteiger partial charge on any atom is 0.277 e. The van der Waals surface area contributed by atoms with Crippen molar-refractivity contribution in [3.63, 3.8) is 0 Å². The van der Waals surface area contributed by atoms with E-state index in [1.807, 2.05) is 0 Å². The quantitative estimate of drug-likeness (QED) is 0.560. The van der Waals surface area contributed by atoms with E-state index < -0.39 is 0 Å². The molecule has 0 N–H and O–H groups in total. The molecule has 0 bridgehead atoms. The molecule has 0 aliphatic carbocycles. The second kappa shape index (κ2) is 6.09. The Morgan fingerprint density at radius 2 is 1.88 bits per heavy atom. The summed E-state index contributed by atoms with van der Waals surface area (Å²) in [6.45, 7) is 0.186. The molecule has 0 aliphatic heterocycles. The molecule has 0 aliphatic rings. The second-order valence-corrected chi connectivity index (χ2v) is 3.06. The third kappa shape index (κ3) is 3.22. The highest BCUT2D eigenvalue weighted by molar-refractivity contribution is 5.93. The van der Waals surface area contributed by atoms with E-state index in [1.54, 1.807) is 38.4 Å². The molecule has 1 aromatic rings. The van der Waals surface area contributed by atoms with Crippen molar-refractivity contribution < 1.29 is 19.1 Å². The van der Waals surface area contributed by atoms with Gasteiger partial charge in [-0.25, -0.2) is 5.06 Å². The first kappa shape index (κ1) is 12.5. The van der Waals surface area contributed by atoms with Gasteiger partial charge < -0.3 is 9.47 Å². The molecule has 1 aromatic carbocycles. The Bertz CT molecular complexity index is 336.